The van der Waals surface area contributed by atoms with Gasteiger partial charge in [-0.3, -0.25) is 0 Å². The lowest BCUT2D eigenvalue weighted by Gasteiger charge is -2.32. The second kappa shape index (κ2) is 11.2. The molecule has 0 amide bonds. The molecule has 1 aliphatic rings. The van der Waals surface area contributed by atoms with E-state index in [-0.39, 0.29) is 18.4 Å². The van der Waals surface area contributed by atoms with Crippen LogP contribution in [-0.2, 0) is 4.74 Å². The predicted molar refractivity (Wildman–Crippen MR) is 130 cm³/mol. The molecule has 0 spiro atoms. The van der Waals surface area contributed by atoms with Crippen molar-refractivity contribution in [1.29, 1.82) is 0 Å². The Balaban J connectivity index is 0.00000341. The number of methoxy groups -OCH3 is 2. The third-order valence-corrected chi connectivity index (χ3v) is 5.67. The number of hydrogen-bond acceptors (Lipinski definition) is 4. The van der Waals surface area contributed by atoms with E-state index in [4.69, 9.17) is 9.47 Å². The van der Waals surface area contributed by atoms with Crippen LogP contribution >= 0.6 is 12.4 Å². The molecule has 0 saturated carbocycles. The van der Waals surface area contributed by atoms with Gasteiger partial charge in [0.25, 0.3) is 0 Å². The average molecular weight is 442 g/mol. The highest BCUT2D eigenvalue weighted by Crippen LogP contribution is 2.41. The van der Waals surface area contributed by atoms with Crippen molar-refractivity contribution >= 4 is 30.0 Å². The van der Waals surface area contributed by atoms with Crippen LogP contribution in [0.5, 0.6) is 5.75 Å². The van der Waals surface area contributed by atoms with Crippen LogP contribution in [-0.4, -0.2) is 45.7 Å². The van der Waals surface area contributed by atoms with E-state index in [0.29, 0.717) is 11.5 Å². The van der Waals surface area contributed by atoms with Crippen molar-refractivity contribution in [3.8, 4) is 5.75 Å². The summed E-state index contributed by atoms with van der Waals surface area (Å²) in [6.07, 6.45) is 4.30. The first-order chi connectivity index (χ1) is 14.4. The number of hydrogen-bond donors (Lipinski definition) is 0. The van der Waals surface area contributed by atoms with E-state index in [2.05, 4.69) is 50.2 Å². The molecule has 0 aromatic heterocycles. The van der Waals surface area contributed by atoms with Crippen molar-refractivity contribution < 1.29 is 14.3 Å². The maximum Gasteiger partial charge on any atom is 0.337 e. The van der Waals surface area contributed by atoms with E-state index in [1.165, 1.54) is 29.4 Å². The van der Waals surface area contributed by atoms with Gasteiger partial charge in [0.2, 0.25) is 0 Å². The second-order valence-electron chi connectivity index (χ2n) is 8.06. The fourth-order valence-electron chi connectivity index (χ4n) is 4.26. The monoisotopic (exact) mass is 441 g/mol. The minimum Gasteiger partial charge on any atom is -0.497 e. The molecule has 3 rings (SSSR count). The molecule has 0 saturated heterocycles. The Bertz CT molecular complexity index is 978. The molecular weight excluding hydrogens is 410 g/mol. The normalized spacial score (nSPS) is 17.5. The van der Waals surface area contributed by atoms with Crippen LogP contribution < -0.4 is 4.74 Å². The summed E-state index contributed by atoms with van der Waals surface area (Å²) >= 11 is 0. The van der Waals surface area contributed by atoms with Crippen molar-refractivity contribution in [1.82, 2.24) is 4.90 Å². The Labute approximate surface area is 192 Å². The van der Waals surface area contributed by atoms with Gasteiger partial charge in [-0.2, -0.15) is 0 Å². The topological polar surface area (TPSA) is 38.8 Å². The van der Waals surface area contributed by atoms with Crippen molar-refractivity contribution in [2.24, 2.45) is 5.92 Å². The summed E-state index contributed by atoms with van der Waals surface area (Å²) in [5, 5.41) is 0. The number of allylic oxidation sites excluding steroid dienone is 2. The van der Waals surface area contributed by atoms with E-state index >= 15 is 0 Å². The number of ether oxygens (including phenoxy) is 2. The highest BCUT2D eigenvalue weighted by atomic mass is 35.5. The third kappa shape index (κ3) is 5.99. The zero-order chi connectivity index (χ0) is 21.7. The number of benzene rings is 2. The van der Waals surface area contributed by atoms with Crippen LogP contribution in [0.3, 0.4) is 0 Å². The minimum absolute atomic E-state index is 0. The lowest BCUT2D eigenvalue weighted by atomic mass is 9.76. The Morgan fingerprint density at radius 1 is 1.13 bits per heavy atom. The van der Waals surface area contributed by atoms with Crippen molar-refractivity contribution in [3.63, 3.8) is 0 Å². The molecule has 1 unspecified atom stereocenters. The second-order valence-corrected chi connectivity index (χ2v) is 8.06. The van der Waals surface area contributed by atoms with Crippen LogP contribution in [0.4, 0.5) is 0 Å². The fraction of sp³-hybridized carbons (Fsp3) is 0.346. The van der Waals surface area contributed by atoms with Gasteiger partial charge in [0.15, 0.2) is 0 Å². The van der Waals surface area contributed by atoms with E-state index in [1.54, 1.807) is 13.2 Å². The molecule has 2 aromatic rings. The molecule has 0 radical (unpaired) electrons. The van der Waals surface area contributed by atoms with Gasteiger partial charge in [-0.1, -0.05) is 30.3 Å². The zero-order valence-corrected chi connectivity index (χ0v) is 19.8. The van der Waals surface area contributed by atoms with Crippen molar-refractivity contribution in [3.05, 3.63) is 76.4 Å². The van der Waals surface area contributed by atoms with Gasteiger partial charge >= 0.3 is 5.97 Å². The summed E-state index contributed by atoms with van der Waals surface area (Å²) in [6, 6.07) is 15.9. The highest BCUT2D eigenvalue weighted by molar-refractivity contribution is 5.90. The summed E-state index contributed by atoms with van der Waals surface area (Å²) in [4.78, 5) is 14.2. The molecule has 31 heavy (non-hydrogen) atoms. The average Bonchev–Trinajstić information content (AvgIpc) is 2.75. The fourth-order valence-corrected chi connectivity index (χ4v) is 4.26. The molecule has 0 bridgehead atoms. The lowest BCUT2D eigenvalue weighted by molar-refractivity contribution is 0.0600. The number of nitrogens with zero attached hydrogens (tertiary/aromatic N) is 1. The molecule has 5 heteroatoms. The summed E-state index contributed by atoms with van der Waals surface area (Å²) < 4.78 is 10.3. The molecule has 166 valence electrons. The van der Waals surface area contributed by atoms with Crippen LogP contribution in [0.15, 0.2) is 59.7 Å². The predicted octanol–water partition coefficient (Wildman–Crippen LogP) is 5.73. The molecule has 4 nitrogen and oxygen atoms in total. The molecule has 1 aliphatic carbocycles. The van der Waals surface area contributed by atoms with E-state index in [0.717, 1.165) is 30.7 Å². The first-order valence-corrected chi connectivity index (χ1v) is 10.3. The molecule has 0 aliphatic heterocycles. The number of carbonyl (C=O) groups is 1. The Morgan fingerprint density at radius 2 is 1.87 bits per heavy atom. The summed E-state index contributed by atoms with van der Waals surface area (Å²) in [6.45, 7) is 3.22. The third-order valence-electron chi connectivity index (χ3n) is 5.67. The van der Waals surface area contributed by atoms with E-state index in [9.17, 15) is 4.79 Å². The first kappa shape index (κ1) is 24.7. The Hall–Kier alpha value is -2.56. The molecule has 2 aromatic carbocycles. The van der Waals surface area contributed by atoms with Gasteiger partial charge in [0.05, 0.1) is 19.8 Å². The van der Waals surface area contributed by atoms with Crippen LogP contribution in [0, 0.1) is 5.92 Å². The smallest absolute Gasteiger partial charge is 0.337 e. The SMILES string of the molecule is COC(=O)c1cccc(/C=C2\CCC(CN(C)C)C(c3cccc(OC)c3)=C2C)c1.Cl. The Kier molecular flexibility index (Phi) is 8.90. The van der Waals surface area contributed by atoms with Gasteiger partial charge in [-0.25, -0.2) is 4.79 Å². The lowest BCUT2D eigenvalue weighted by Crippen LogP contribution is -2.25. The van der Waals surface area contributed by atoms with Gasteiger partial charge in [-0.05, 0) is 91.9 Å². The maximum absolute atomic E-state index is 11.9. The summed E-state index contributed by atoms with van der Waals surface area (Å²) in [7, 11) is 7.37. The molecule has 0 heterocycles. The summed E-state index contributed by atoms with van der Waals surface area (Å²) in [5.74, 6) is 1.03. The van der Waals surface area contributed by atoms with Crippen molar-refractivity contribution in [2.75, 3.05) is 34.9 Å². The van der Waals surface area contributed by atoms with Gasteiger partial charge < -0.3 is 14.4 Å². The van der Waals surface area contributed by atoms with E-state index in [1.807, 2.05) is 24.3 Å². The largest absolute Gasteiger partial charge is 0.497 e. The minimum atomic E-state index is -0.311. The van der Waals surface area contributed by atoms with Gasteiger partial charge in [0, 0.05) is 6.54 Å². The Morgan fingerprint density at radius 3 is 2.55 bits per heavy atom. The van der Waals surface area contributed by atoms with Gasteiger partial charge in [-0.15, -0.1) is 12.4 Å². The van der Waals surface area contributed by atoms with E-state index < -0.39 is 0 Å². The van der Waals surface area contributed by atoms with Crippen LogP contribution in [0.2, 0.25) is 0 Å². The number of esters is 1. The first-order valence-electron chi connectivity index (χ1n) is 10.3. The number of halogens is 1. The summed E-state index contributed by atoms with van der Waals surface area (Å²) in [5.41, 5.74) is 6.80. The van der Waals surface area contributed by atoms with Crippen LogP contribution in [0.1, 0.15) is 41.3 Å². The van der Waals surface area contributed by atoms with Crippen molar-refractivity contribution in [2.45, 2.75) is 19.8 Å². The molecule has 0 N–H and O–H groups in total. The van der Waals surface area contributed by atoms with Crippen LogP contribution in [0.25, 0.3) is 11.6 Å². The molecule has 0 fully saturated rings. The zero-order valence-electron chi connectivity index (χ0n) is 19.0. The quantitative estimate of drug-likeness (QED) is 0.536. The number of carbonyl (C=O) groups excluding carboxylic acids is 1. The number of rotatable bonds is 6. The molecular formula is C26H32ClNO3. The molecule has 1 atom stereocenters. The maximum atomic E-state index is 11.9. The highest BCUT2D eigenvalue weighted by Gasteiger charge is 2.26. The standard InChI is InChI=1S/C26H31NO3.ClH/c1-18-20(14-19-8-6-10-22(15-19)26(28)30-5)12-13-23(17-27(2)3)25(18)21-9-7-11-24(16-21)29-4;/h6-11,14-16,23H,12-13,17H2,1-5H3;1H/b20-14+;. The van der Waals surface area contributed by atoms with Gasteiger partial charge in [0.1, 0.15) is 5.75 Å².